The number of benzene rings is 2. The van der Waals surface area contributed by atoms with Crippen LogP contribution in [0, 0.1) is 5.92 Å². The molecule has 0 unspecified atom stereocenters. The number of ketones is 1. The minimum absolute atomic E-state index is 0.0558. The molecule has 0 bridgehead atoms. The molecule has 2 amide bonds. The number of amides is 2. The Balaban J connectivity index is 1.87. The lowest BCUT2D eigenvalue weighted by atomic mass is 10.1. The molecule has 2 rings (SSSR count). The van der Waals surface area contributed by atoms with Crippen LogP contribution < -0.4 is 20.1 Å². The molecule has 0 atom stereocenters. The third-order valence-electron chi connectivity index (χ3n) is 4.49. The number of carbonyl (C=O) groups excluding carboxylic acids is 3. The minimum atomic E-state index is -0.214. The van der Waals surface area contributed by atoms with Crippen LogP contribution in [0.1, 0.15) is 54.3 Å². The summed E-state index contributed by atoms with van der Waals surface area (Å²) in [4.78, 5) is 36.2. The summed E-state index contributed by atoms with van der Waals surface area (Å²) in [5.74, 6) is 0.849. The number of rotatable bonds is 11. The molecule has 31 heavy (non-hydrogen) atoms. The van der Waals surface area contributed by atoms with Crippen LogP contribution in [0.3, 0.4) is 0 Å². The van der Waals surface area contributed by atoms with Crippen molar-refractivity contribution >= 4 is 23.3 Å². The van der Waals surface area contributed by atoms with E-state index in [4.69, 9.17) is 9.47 Å². The van der Waals surface area contributed by atoms with Crippen molar-refractivity contribution in [3.05, 3.63) is 53.6 Å². The zero-order valence-corrected chi connectivity index (χ0v) is 18.5. The number of para-hydroxylation sites is 1. The van der Waals surface area contributed by atoms with Crippen molar-refractivity contribution in [2.75, 3.05) is 25.6 Å². The van der Waals surface area contributed by atoms with Gasteiger partial charge < -0.3 is 20.1 Å². The normalized spacial score (nSPS) is 10.5. The Hall–Kier alpha value is -3.35. The summed E-state index contributed by atoms with van der Waals surface area (Å²) in [5.41, 5.74) is 1.46. The Morgan fingerprint density at radius 3 is 2.45 bits per heavy atom. The minimum Gasteiger partial charge on any atom is -0.493 e. The van der Waals surface area contributed by atoms with Gasteiger partial charge in [0.25, 0.3) is 5.91 Å². The summed E-state index contributed by atoms with van der Waals surface area (Å²) in [6.45, 7) is 6.39. The zero-order chi connectivity index (χ0) is 22.8. The van der Waals surface area contributed by atoms with E-state index in [0.717, 1.165) is 0 Å². The van der Waals surface area contributed by atoms with Gasteiger partial charge >= 0.3 is 0 Å². The van der Waals surface area contributed by atoms with Crippen LogP contribution in [-0.2, 0) is 4.79 Å². The first-order valence-corrected chi connectivity index (χ1v) is 10.3. The largest absolute Gasteiger partial charge is 0.493 e. The molecule has 0 aliphatic rings. The van der Waals surface area contributed by atoms with E-state index in [1.807, 2.05) is 13.8 Å². The van der Waals surface area contributed by atoms with Gasteiger partial charge in [0.1, 0.15) is 0 Å². The number of Topliss-reactive ketones (excluding diaryl/α,β-unsaturated/α-hetero) is 1. The monoisotopic (exact) mass is 426 g/mol. The van der Waals surface area contributed by atoms with Crippen LogP contribution in [0.2, 0.25) is 0 Å². The molecule has 2 N–H and O–H groups in total. The Labute approximate surface area is 183 Å². The van der Waals surface area contributed by atoms with Gasteiger partial charge in [-0.15, -0.1) is 0 Å². The smallest absolute Gasteiger partial charge is 0.253 e. The molecule has 0 aliphatic carbocycles. The number of hydrogen-bond donors (Lipinski definition) is 2. The molecule has 0 spiro atoms. The van der Waals surface area contributed by atoms with Gasteiger partial charge in [-0.3, -0.25) is 14.4 Å². The Kier molecular flexibility index (Phi) is 9.06. The molecule has 7 heteroatoms. The molecule has 0 saturated heterocycles. The zero-order valence-electron chi connectivity index (χ0n) is 18.5. The number of nitrogens with one attached hydrogen (secondary N) is 2. The van der Waals surface area contributed by atoms with E-state index in [-0.39, 0.29) is 24.0 Å². The average Bonchev–Trinajstić information content (AvgIpc) is 2.75. The first-order valence-electron chi connectivity index (χ1n) is 10.3. The van der Waals surface area contributed by atoms with Crippen LogP contribution in [0.5, 0.6) is 11.5 Å². The summed E-state index contributed by atoms with van der Waals surface area (Å²) < 4.78 is 11.0. The highest BCUT2D eigenvalue weighted by atomic mass is 16.5. The van der Waals surface area contributed by atoms with Crippen molar-refractivity contribution in [3.8, 4) is 11.5 Å². The summed E-state index contributed by atoms with van der Waals surface area (Å²) in [6.07, 6.45) is 0.709. The average molecular weight is 427 g/mol. The summed E-state index contributed by atoms with van der Waals surface area (Å²) in [5, 5.41) is 5.66. The SMILES string of the molecule is COc1cc(C(C)=O)ccc1OCCCC(=O)Nc1ccccc1C(=O)NCC(C)C. The van der Waals surface area contributed by atoms with Gasteiger partial charge in [-0.1, -0.05) is 26.0 Å². The third kappa shape index (κ3) is 7.44. The predicted octanol–water partition coefficient (Wildman–Crippen LogP) is 4.08. The first-order chi connectivity index (χ1) is 14.8. The Morgan fingerprint density at radius 2 is 1.77 bits per heavy atom. The molecule has 0 heterocycles. The molecular formula is C24H30N2O5. The molecule has 0 radical (unpaired) electrons. The van der Waals surface area contributed by atoms with Gasteiger partial charge in [0.2, 0.25) is 5.91 Å². The van der Waals surface area contributed by atoms with E-state index in [0.29, 0.717) is 53.8 Å². The van der Waals surface area contributed by atoms with E-state index < -0.39 is 0 Å². The van der Waals surface area contributed by atoms with Crippen molar-refractivity contribution in [1.82, 2.24) is 5.32 Å². The summed E-state index contributed by atoms with van der Waals surface area (Å²) in [7, 11) is 1.51. The number of ether oxygens (including phenoxy) is 2. The summed E-state index contributed by atoms with van der Waals surface area (Å²) >= 11 is 0. The van der Waals surface area contributed by atoms with Crippen LogP contribution in [0.4, 0.5) is 5.69 Å². The highest BCUT2D eigenvalue weighted by Gasteiger charge is 2.13. The number of methoxy groups -OCH3 is 1. The quantitative estimate of drug-likeness (QED) is 0.417. The van der Waals surface area contributed by atoms with Crippen LogP contribution in [0.25, 0.3) is 0 Å². The van der Waals surface area contributed by atoms with Gasteiger partial charge in [-0.25, -0.2) is 0 Å². The van der Waals surface area contributed by atoms with Crippen LogP contribution >= 0.6 is 0 Å². The molecular weight excluding hydrogens is 396 g/mol. The van der Waals surface area contributed by atoms with Crippen LogP contribution in [-0.4, -0.2) is 37.9 Å². The highest BCUT2D eigenvalue weighted by molar-refractivity contribution is 6.03. The fourth-order valence-electron chi connectivity index (χ4n) is 2.82. The lowest BCUT2D eigenvalue weighted by Crippen LogP contribution is -2.28. The number of hydrogen-bond acceptors (Lipinski definition) is 5. The van der Waals surface area contributed by atoms with Crippen LogP contribution in [0.15, 0.2) is 42.5 Å². The van der Waals surface area contributed by atoms with Crippen molar-refractivity contribution in [3.63, 3.8) is 0 Å². The third-order valence-corrected chi connectivity index (χ3v) is 4.49. The van der Waals surface area contributed by atoms with Gasteiger partial charge in [-0.2, -0.15) is 0 Å². The molecule has 166 valence electrons. The first kappa shape index (κ1) is 23.9. The Morgan fingerprint density at radius 1 is 1.03 bits per heavy atom. The standard InChI is InChI=1S/C24H30N2O5/c1-16(2)15-25-24(29)19-8-5-6-9-20(19)26-23(28)10-7-13-31-21-12-11-18(17(3)27)14-22(21)30-4/h5-6,8-9,11-12,14,16H,7,10,13,15H2,1-4H3,(H,25,29)(H,26,28). The fourth-order valence-corrected chi connectivity index (χ4v) is 2.82. The maximum atomic E-state index is 12.4. The van der Waals surface area contributed by atoms with Gasteiger partial charge in [0.15, 0.2) is 17.3 Å². The van der Waals surface area contributed by atoms with Crippen molar-refractivity contribution < 1.29 is 23.9 Å². The second-order valence-electron chi connectivity index (χ2n) is 7.57. The molecule has 2 aromatic carbocycles. The number of carbonyl (C=O) groups is 3. The van der Waals surface area contributed by atoms with E-state index >= 15 is 0 Å². The molecule has 2 aromatic rings. The molecule has 0 saturated carbocycles. The topological polar surface area (TPSA) is 93.7 Å². The van der Waals surface area contributed by atoms with Gasteiger partial charge in [-0.05, 0) is 49.6 Å². The highest BCUT2D eigenvalue weighted by Crippen LogP contribution is 2.28. The lowest BCUT2D eigenvalue weighted by molar-refractivity contribution is -0.116. The molecule has 0 aromatic heterocycles. The second kappa shape index (κ2) is 11.7. The van der Waals surface area contributed by atoms with E-state index in [9.17, 15) is 14.4 Å². The lowest BCUT2D eigenvalue weighted by Gasteiger charge is -2.13. The molecule has 7 nitrogen and oxygen atoms in total. The van der Waals surface area contributed by atoms with E-state index in [1.165, 1.54) is 14.0 Å². The van der Waals surface area contributed by atoms with E-state index in [2.05, 4.69) is 10.6 Å². The maximum Gasteiger partial charge on any atom is 0.253 e. The Bertz CT molecular complexity index is 924. The molecule has 0 fully saturated rings. The van der Waals surface area contributed by atoms with Crippen molar-refractivity contribution in [2.24, 2.45) is 5.92 Å². The molecule has 0 aliphatic heterocycles. The van der Waals surface area contributed by atoms with Gasteiger partial charge in [0.05, 0.1) is 25.0 Å². The summed E-state index contributed by atoms with van der Waals surface area (Å²) in [6, 6.07) is 11.9. The fraction of sp³-hybridized carbons (Fsp3) is 0.375. The van der Waals surface area contributed by atoms with Crippen molar-refractivity contribution in [1.29, 1.82) is 0 Å². The predicted molar refractivity (Wildman–Crippen MR) is 120 cm³/mol. The van der Waals surface area contributed by atoms with Gasteiger partial charge in [0, 0.05) is 18.5 Å². The van der Waals surface area contributed by atoms with E-state index in [1.54, 1.807) is 42.5 Å². The maximum absolute atomic E-state index is 12.4. The second-order valence-corrected chi connectivity index (χ2v) is 7.57. The number of anilines is 1. The van der Waals surface area contributed by atoms with Crippen molar-refractivity contribution in [2.45, 2.75) is 33.6 Å².